The van der Waals surface area contributed by atoms with E-state index in [4.69, 9.17) is 0 Å². The Labute approximate surface area is 141 Å². The average molecular weight is 352 g/mol. The van der Waals surface area contributed by atoms with Gasteiger partial charge in [-0.15, -0.1) is 0 Å². The van der Waals surface area contributed by atoms with E-state index in [0.29, 0.717) is 32.7 Å². The molecule has 0 atom stereocenters. The highest BCUT2D eigenvalue weighted by Gasteiger charge is 2.28. The van der Waals surface area contributed by atoms with Crippen LogP contribution in [0.3, 0.4) is 0 Å². The minimum absolute atomic E-state index is 0.278. The maximum Gasteiger partial charge on any atom is 0.281 e. The topological polar surface area (TPSA) is 56.8 Å². The number of nitrogens with zero attached hydrogens (tertiary/aromatic N) is 4. The lowest BCUT2D eigenvalue weighted by Gasteiger charge is -2.35. The second-order valence-corrected chi connectivity index (χ2v) is 8.25. The molecule has 6 nitrogen and oxygen atoms in total. The van der Waals surface area contributed by atoms with Crippen LogP contribution in [0.5, 0.6) is 0 Å². The molecule has 1 saturated heterocycles. The summed E-state index contributed by atoms with van der Waals surface area (Å²) in [5.74, 6) is -0.278. The van der Waals surface area contributed by atoms with Crippen LogP contribution in [-0.4, -0.2) is 67.2 Å². The maximum absolute atomic E-state index is 13.8. The lowest BCUT2D eigenvalue weighted by atomic mass is 10.1. The fourth-order valence-corrected chi connectivity index (χ4v) is 4.02. The van der Waals surface area contributed by atoms with Crippen molar-refractivity contribution in [3.8, 4) is 0 Å². The summed E-state index contributed by atoms with van der Waals surface area (Å²) in [6.07, 6.45) is 1.70. The monoisotopic (exact) mass is 352 g/mol. The molecule has 0 N–H and O–H groups in total. The number of hydrogen-bond donors (Lipinski definition) is 0. The SMILES string of the molecule is CN(C)S(=O)(=O)N1CCN(Cc2cc(F)cc3cccnc23)CC1. The van der Waals surface area contributed by atoms with Gasteiger partial charge in [-0.25, -0.2) is 4.39 Å². The number of benzene rings is 1. The van der Waals surface area contributed by atoms with Gasteiger partial charge in [0.25, 0.3) is 10.2 Å². The minimum Gasteiger partial charge on any atom is -0.296 e. The molecule has 0 radical (unpaired) electrons. The van der Waals surface area contributed by atoms with Gasteiger partial charge in [0.15, 0.2) is 0 Å². The first-order valence-electron chi connectivity index (χ1n) is 7.81. The van der Waals surface area contributed by atoms with Crippen LogP contribution in [0.15, 0.2) is 30.5 Å². The Morgan fingerprint density at radius 3 is 2.58 bits per heavy atom. The highest BCUT2D eigenvalue weighted by atomic mass is 32.2. The second-order valence-electron chi connectivity index (χ2n) is 6.11. The maximum atomic E-state index is 13.8. The van der Waals surface area contributed by atoms with Crippen LogP contribution in [0.4, 0.5) is 4.39 Å². The molecule has 2 heterocycles. The molecule has 0 spiro atoms. The van der Waals surface area contributed by atoms with E-state index in [9.17, 15) is 12.8 Å². The average Bonchev–Trinajstić information content (AvgIpc) is 2.55. The van der Waals surface area contributed by atoms with Crippen molar-refractivity contribution in [1.82, 2.24) is 18.5 Å². The third-order valence-electron chi connectivity index (χ3n) is 4.26. The lowest BCUT2D eigenvalue weighted by Crippen LogP contribution is -2.51. The van der Waals surface area contributed by atoms with Gasteiger partial charge in [-0.2, -0.15) is 17.0 Å². The summed E-state index contributed by atoms with van der Waals surface area (Å²) >= 11 is 0. The molecule has 0 saturated carbocycles. The van der Waals surface area contributed by atoms with Gasteiger partial charge in [0.2, 0.25) is 0 Å². The van der Waals surface area contributed by atoms with Crippen molar-refractivity contribution < 1.29 is 12.8 Å². The summed E-state index contributed by atoms with van der Waals surface area (Å²) in [7, 11) is -0.302. The third-order valence-corrected chi connectivity index (χ3v) is 6.20. The molecule has 0 aliphatic carbocycles. The van der Waals surface area contributed by atoms with Crippen molar-refractivity contribution in [1.29, 1.82) is 0 Å². The Morgan fingerprint density at radius 1 is 1.21 bits per heavy atom. The minimum atomic E-state index is -3.37. The van der Waals surface area contributed by atoms with Crippen molar-refractivity contribution >= 4 is 21.1 Å². The number of fused-ring (bicyclic) bond motifs is 1. The number of aromatic nitrogens is 1. The molecule has 1 fully saturated rings. The van der Waals surface area contributed by atoms with Gasteiger partial charge in [0, 0.05) is 58.4 Å². The Balaban J connectivity index is 1.73. The van der Waals surface area contributed by atoms with E-state index in [-0.39, 0.29) is 5.82 Å². The molecule has 0 amide bonds. The molecule has 2 aromatic rings. The normalized spacial score (nSPS) is 17.7. The number of piperazine rings is 1. The predicted molar refractivity (Wildman–Crippen MR) is 91.2 cm³/mol. The van der Waals surface area contributed by atoms with Crippen LogP contribution in [0.25, 0.3) is 10.9 Å². The zero-order chi connectivity index (χ0) is 17.3. The molecule has 1 aliphatic heterocycles. The van der Waals surface area contributed by atoms with Crippen LogP contribution in [0, 0.1) is 5.82 Å². The van der Waals surface area contributed by atoms with E-state index in [1.165, 1.54) is 34.8 Å². The van der Waals surface area contributed by atoms with Crippen LogP contribution in [0.2, 0.25) is 0 Å². The van der Waals surface area contributed by atoms with Crippen LogP contribution < -0.4 is 0 Å². The Kier molecular flexibility index (Phi) is 4.82. The van der Waals surface area contributed by atoms with Crippen molar-refractivity contribution in [2.75, 3.05) is 40.3 Å². The molecule has 3 rings (SSSR count). The molecule has 24 heavy (non-hydrogen) atoms. The Morgan fingerprint density at radius 2 is 1.92 bits per heavy atom. The summed E-state index contributed by atoms with van der Waals surface area (Å²) in [5, 5.41) is 0.779. The fourth-order valence-electron chi connectivity index (χ4n) is 2.94. The van der Waals surface area contributed by atoms with E-state index in [2.05, 4.69) is 9.88 Å². The molecule has 0 unspecified atom stereocenters. The van der Waals surface area contributed by atoms with E-state index in [0.717, 1.165) is 16.5 Å². The van der Waals surface area contributed by atoms with Crippen LogP contribution in [0.1, 0.15) is 5.56 Å². The Hall–Kier alpha value is -1.61. The van der Waals surface area contributed by atoms with Gasteiger partial charge >= 0.3 is 0 Å². The van der Waals surface area contributed by atoms with Gasteiger partial charge in [-0.05, 0) is 23.8 Å². The Bertz CT molecular complexity index is 833. The van der Waals surface area contributed by atoms with Crippen molar-refractivity contribution in [3.63, 3.8) is 0 Å². The van der Waals surface area contributed by atoms with Gasteiger partial charge < -0.3 is 0 Å². The van der Waals surface area contributed by atoms with E-state index in [1.54, 1.807) is 12.3 Å². The molecule has 0 bridgehead atoms. The first-order chi connectivity index (χ1) is 11.4. The fraction of sp³-hybridized carbons (Fsp3) is 0.438. The number of rotatable bonds is 4. The number of hydrogen-bond acceptors (Lipinski definition) is 4. The van der Waals surface area contributed by atoms with Gasteiger partial charge in [-0.1, -0.05) is 6.07 Å². The summed E-state index contributed by atoms with van der Waals surface area (Å²) in [6, 6.07) is 6.62. The van der Waals surface area contributed by atoms with Gasteiger partial charge in [-0.3, -0.25) is 9.88 Å². The zero-order valence-electron chi connectivity index (χ0n) is 13.8. The molecular weight excluding hydrogens is 331 g/mol. The molecule has 8 heteroatoms. The quantitative estimate of drug-likeness (QED) is 0.832. The van der Waals surface area contributed by atoms with Gasteiger partial charge in [0.1, 0.15) is 5.82 Å². The molecule has 1 aromatic heterocycles. The summed E-state index contributed by atoms with van der Waals surface area (Å²) in [5.41, 5.74) is 1.62. The predicted octanol–water partition coefficient (Wildman–Crippen LogP) is 1.30. The van der Waals surface area contributed by atoms with E-state index >= 15 is 0 Å². The summed E-state index contributed by atoms with van der Waals surface area (Å²) in [6.45, 7) is 2.64. The highest BCUT2D eigenvalue weighted by Crippen LogP contribution is 2.21. The molecular formula is C16H21FN4O2S. The number of halogens is 1. The first kappa shape index (κ1) is 17.2. The zero-order valence-corrected chi connectivity index (χ0v) is 14.6. The second kappa shape index (κ2) is 6.72. The van der Waals surface area contributed by atoms with Crippen LogP contribution >= 0.6 is 0 Å². The van der Waals surface area contributed by atoms with Crippen molar-refractivity contribution in [2.24, 2.45) is 0 Å². The van der Waals surface area contributed by atoms with Crippen molar-refractivity contribution in [3.05, 3.63) is 41.8 Å². The lowest BCUT2D eigenvalue weighted by molar-refractivity contribution is 0.177. The third kappa shape index (κ3) is 3.41. The van der Waals surface area contributed by atoms with E-state index in [1.807, 2.05) is 6.07 Å². The van der Waals surface area contributed by atoms with E-state index < -0.39 is 10.2 Å². The van der Waals surface area contributed by atoms with Crippen LogP contribution in [-0.2, 0) is 16.8 Å². The molecule has 1 aliphatic rings. The number of pyridine rings is 1. The van der Waals surface area contributed by atoms with Gasteiger partial charge in [0.05, 0.1) is 5.52 Å². The highest BCUT2D eigenvalue weighted by molar-refractivity contribution is 7.86. The first-order valence-corrected chi connectivity index (χ1v) is 9.21. The summed E-state index contributed by atoms with van der Waals surface area (Å²) in [4.78, 5) is 6.49. The standard InChI is InChI=1S/C16H21FN4O2S/c1-19(2)24(22,23)21-8-6-20(7-9-21)12-14-11-15(17)10-13-4-3-5-18-16(13)14/h3-5,10-11H,6-9,12H2,1-2H3. The smallest absolute Gasteiger partial charge is 0.281 e. The summed E-state index contributed by atoms with van der Waals surface area (Å²) < 4.78 is 40.8. The largest absolute Gasteiger partial charge is 0.296 e. The molecule has 130 valence electrons. The van der Waals surface area contributed by atoms with Crippen molar-refractivity contribution in [2.45, 2.75) is 6.54 Å². The molecule has 1 aromatic carbocycles.